The molecule has 3 N–H and O–H groups in total. The van der Waals surface area contributed by atoms with Crippen LogP contribution in [0.2, 0.25) is 0 Å². The van der Waals surface area contributed by atoms with Gasteiger partial charge in [-0.05, 0) is 75.0 Å². The molecule has 2 fully saturated rings. The van der Waals surface area contributed by atoms with Crippen molar-refractivity contribution in [3.8, 4) is 5.75 Å². The van der Waals surface area contributed by atoms with Crippen LogP contribution in [0.3, 0.4) is 0 Å². The van der Waals surface area contributed by atoms with E-state index in [2.05, 4.69) is 0 Å². The van der Waals surface area contributed by atoms with Crippen molar-refractivity contribution in [2.45, 2.75) is 57.0 Å². The molecular weight excluding hydrogens is 363 g/mol. The molecule has 0 bridgehead atoms. The molecule has 0 spiro atoms. The number of hydrogen-bond donors (Lipinski definition) is 2. The van der Waals surface area contributed by atoms with E-state index >= 15 is 0 Å². The van der Waals surface area contributed by atoms with Gasteiger partial charge in [0.1, 0.15) is 11.6 Å². The Morgan fingerprint density at radius 2 is 1.93 bits per heavy atom. The summed E-state index contributed by atoms with van der Waals surface area (Å²) < 4.78 is 19.1. The van der Waals surface area contributed by atoms with E-state index in [-0.39, 0.29) is 17.4 Å². The third-order valence-electron chi connectivity index (χ3n) is 6.31. The number of carbonyl (C=O) groups excluding carboxylic acids is 1. The van der Waals surface area contributed by atoms with Crippen molar-refractivity contribution in [2.24, 2.45) is 17.6 Å². The minimum absolute atomic E-state index is 0.0527. The summed E-state index contributed by atoms with van der Waals surface area (Å²) in [5.41, 5.74) is 5.88. The molecule has 2 aliphatic carbocycles. The molecule has 1 amide bonds. The summed E-state index contributed by atoms with van der Waals surface area (Å²) in [7, 11) is 1.86. The van der Waals surface area contributed by atoms with Gasteiger partial charge in [0, 0.05) is 13.1 Å². The minimum Gasteiger partial charge on any atom is -0.493 e. The number of amides is 1. The number of halogens is 1. The number of carbonyl (C=O) groups is 2. The number of rotatable bonds is 7. The second-order valence-corrected chi connectivity index (χ2v) is 8.10. The maximum atomic E-state index is 13.5. The molecule has 7 heteroatoms. The Bertz CT molecular complexity index is 714. The van der Waals surface area contributed by atoms with E-state index in [1.807, 2.05) is 11.9 Å². The van der Waals surface area contributed by atoms with E-state index in [1.54, 1.807) is 0 Å². The van der Waals surface area contributed by atoms with Crippen molar-refractivity contribution in [1.29, 1.82) is 0 Å². The van der Waals surface area contributed by atoms with Crippen LogP contribution in [-0.4, -0.2) is 47.6 Å². The second kappa shape index (κ2) is 8.90. The van der Waals surface area contributed by atoms with Gasteiger partial charge in [-0.2, -0.15) is 0 Å². The zero-order chi connectivity index (χ0) is 20.3. The highest BCUT2D eigenvalue weighted by molar-refractivity contribution is 5.88. The van der Waals surface area contributed by atoms with Crippen LogP contribution in [0.15, 0.2) is 18.2 Å². The Morgan fingerprint density at radius 3 is 2.50 bits per heavy atom. The van der Waals surface area contributed by atoms with Crippen molar-refractivity contribution in [3.05, 3.63) is 29.6 Å². The molecule has 0 saturated heterocycles. The predicted octanol–water partition coefficient (Wildman–Crippen LogP) is 3.05. The zero-order valence-corrected chi connectivity index (χ0v) is 16.3. The highest BCUT2D eigenvalue weighted by Gasteiger charge is 2.34. The number of nitrogens with zero attached hydrogens (tertiary/aromatic N) is 1. The lowest BCUT2D eigenvalue weighted by atomic mass is 9.78. The Hall–Kier alpha value is -2.15. The van der Waals surface area contributed by atoms with Crippen LogP contribution in [0, 0.1) is 17.7 Å². The van der Waals surface area contributed by atoms with Crippen molar-refractivity contribution in [3.63, 3.8) is 0 Å². The fraction of sp³-hybridized carbons (Fsp3) is 0.619. The molecular formula is C21H29FN2O4. The SMILES string of the molecule is CN(C(=O)[C@@H](N)C1CCC(COc2ccc(F)c(C(=O)O)c2)CC1)C1CCC1. The molecule has 0 aliphatic heterocycles. The zero-order valence-electron chi connectivity index (χ0n) is 16.3. The van der Waals surface area contributed by atoms with Crippen LogP contribution in [0.5, 0.6) is 5.75 Å². The molecule has 3 rings (SSSR count). The van der Waals surface area contributed by atoms with Crippen LogP contribution >= 0.6 is 0 Å². The van der Waals surface area contributed by atoms with Gasteiger partial charge in [0.05, 0.1) is 18.2 Å². The first kappa shape index (κ1) is 20.6. The number of benzene rings is 1. The van der Waals surface area contributed by atoms with Crippen molar-refractivity contribution < 1.29 is 23.8 Å². The number of aromatic carboxylic acids is 1. The van der Waals surface area contributed by atoms with Crippen molar-refractivity contribution in [1.82, 2.24) is 4.90 Å². The molecule has 154 valence electrons. The molecule has 6 nitrogen and oxygen atoms in total. The number of likely N-dealkylation sites (N-methyl/N-ethyl adjacent to an activating group) is 1. The molecule has 1 atom stereocenters. The van der Waals surface area contributed by atoms with Gasteiger partial charge in [0.15, 0.2) is 0 Å². The monoisotopic (exact) mass is 392 g/mol. The summed E-state index contributed by atoms with van der Waals surface area (Å²) in [6.07, 6.45) is 6.91. The number of ether oxygens (including phenoxy) is 1. The first-order valence-corrected chi connectivity index (χ1v) is 10.0. The third-order valence-corrected chi connectivity index (χ3v) is 6.31. The summed E-state index contributed by atoms with van der Waals surface area (Å²) in [5.74, 6) is -1.16. The van der Waals surface area contributed by atoms with Gasteiger partial charge in [-0.25, -0.2) is 9.18 Å². The Morgan fingerprint density at radius 1 is 1.25 bits per heavy atom. The van der Waals surface area contributed by atoms with Gasteiger partial charge in [0.2, 0.25) is 5.91 Å². The summed E-state index contributed by atoms with van der Waals surface area (Å²) in [6, 6.07) is 3.68. The van der Waals surface area contributed by atoms with Crippen LogP contribution in [0.25, 0.3) is 0 Å². The van der Waals surface area contributed by atoms with E-state index in [9.17, 15) is 14.0 Å². The highest BCUT2D eigenvalue weighted by Crippen LogP contribution is 2.32. The lowest BCUT2D eigenvalue weighted by molar-refractivity contribution is -0.136. The van der Waals surface area contributed by atoms with Gasteiger partial charge in [0.25, 0.3) is 0 Å². The van der Waals surface area contributed by atoms with E-state index in [0.717, 1.165) is 44.6 Å². The van der Waals surface area contributed by atoms with E-state index in [4.69, 9.17) is 15.6 Å². The van der Waals surface area contributed by atoms with Gasteiger partial charge >= 0.3 is 5.97 Å². The summed E-state index contributed by atoms with van der Waals surface area (Å²) in [6.45, 7) is 0.447. The summed E-state index contributed by atoms with van der Waals surface area (Å²) >= 11 is 0. The van der Waals surface area contributed by atoms with E-state index < -0.39 is 17.8 Å². The average molecular weight is 392 g/mol. The fourth-order valence-electron chi connectivity index (χ4n) is 4.08. The predicted molar refractivity (Wildman–Crippen MR) is 103 cm³/mol. The van der Waals surface area contributed by atoms with E-state index in [0.29, 0.717) is 24.3 Å². The first-order valence-electron chi connectivity index (χ1n) is 10.0. The smallest absolute Gasteiger partial charge is 0.338 e. The van der Waals surface area contributed by atoms with Gasteiger partial charge in [-0.1, -0.05) is 0 Å². The van der Waals surface area contributed by atoms with Gasteiger partial charge < -0.3 is 20.5 Å². The maximum absolute atomic E-state index is 13.5. The molecule has 0 heterocycles. The number of hydrogen-bond acceptors (Lipinski definition) is 4. The lowest BCUT2D eigenvalue weighted by Gasteiger charge is -2.38. The van der Waals surface area contributed by atoms with Crippen LogP contribution < -0.4 is 10.5 Å². The van der Waals surface area contributed by atoms with Crippen LogP contribution in [0.1, 0.15) is 55.3 Å². The molecule has 0 unspecified atom stereocenters. The Labute approximate surface area is 164 Å². The lowest BCUT2D eigenvalue weighted by Crippen LogP contribution is -2.52. The fourth-order valence-corrected chi connectivity index (χ4v) is 4.08. The van der Waals surface area contributed by atoms with E-state index in [1.165, 1.54) is 18.6 Å². The number of carboxylic acids is 1. The Kier molecular flexibility index (Phi) is 6.54. The molecule has 2 saturated carbocycles. The average Bonchev–Trinajstić information content (AvgIpc) is 2.65. The molecule has 1 aromatic rings. The molecule has 0 aromatic heterocycles. The highest BCUT2D eigenvalue weighted by atomic mass is 19.1. The molecule has 28 heavy (non-hydrogen) atoms. The standard InChI is InChI=1S/C21H29FN2O4/c1-24(15-3-2-4-15)20(25)19(23)14-7-5-13(6-8-14)12-28-16-9-10-18(22)17(11-16)21(26)27/h9-11,13-15,19H,2-8,12,23H2,1H3,(H,26,27)/t13?,14?,19-/m0/s1. The number of nitrogens with two attached hydrogens (primary N) is 1. The molecule has 0 radical (unpaired) electrons. The van der Waals surface area contributed by atoms with Gasteiger partial charge in [-0.15, -0.1) is 0 Å². The van der Waals surface area contributed by atoms with Crippen LogP contribution in [0.4, 0.5) is 4.39 Å². The Balaban J connectivity index is 1.46. The molecule has 1 aromatic carbocycles. The van der Waals surface area contributed by atoms with Crippen LogP contribution in [-0.2, 0) is 4.79 Å². The van der Waals surface area contributed by atoms with Crippen molar-refractivity contribution in [2.75, 3.05) is 13.7 Å². The quantitative estimate of drug-likeness (QED) is 0.744. The maximum Gasteiger partial charge on any atom is 0.338 e. The topological polar surface area (TPSA) is 92.9 Å². The summed E-state index contributed by atoms with van der Waals surface area (Å²) in [5, 5.41) is 8.99. The molecule has 2 aliphatic rings. The second-order valence-electron chi connectivity index (χ2n) is 8.10. The van der Waals surface area contributed by atoms with Gasteiger partial charge in [-0.3, -0.25) is 4.79 Å². The third kappa shape index (κ3) is 4.63. The minimum atomic E-state index is -1.31. The summed E-state index contributed by atoms with van der Waals surface area (Å²) in [4.78, 5) is 25.4. The first-order chi connectivity index (χ1) is 13.4. The number of carboxylic acid groups (broad SMARTS) is 1. The van der Waals surface area contributed by atoms with Crippen molar-refractivity contribution >= 4 is 11.9 Å². The normalized spacial score (nSPS) is 23.5. The largest absolute Gasteiger partial charge is 0.493 e.